The van der Waals surface area contributed by atoms with Gasteiger partial charge in [0.2, 0.25) is 5.88 Å². The van der Waals surface area contributed by atoms with Gasteiger partial charge in [0.15, 0.2) is 11.4 Å². The second-order valence-electron chi connectivity index (χ2n) is 26.8. The molecule has 0 bridgehead atoms. The van der Waals surface area contributed by atoms with E-state index in [0.29, 0.717) is 67.7 Å². The van der Waals surface area contributed by atoms with Gasteiger partial charge in [0.05, 0.1) is 52.1 Å². The molecular formula is C66H78N10O10S. The average Bonchev–Trinajstić information content (AvgIpc) is 2.15. The van der Waals surface area contributed by atoms with Gasteiger partial charge in [-0.15, -0.1) is 0 Å². The Morgan fingerprint density at radius 3 is 2.48 bits per heavy atom. The maximum atomic E-state index is 15.0. The van der Waals surface area contributed by atoms with Crippen LogP contribution in [0.15, 0.2) is 84.0 Å². The molecule has 458 valence electrons. The topological polar surface area (TPSA) is 219 Å². The monoisotopic (exact) mass is 1200 g/mol. The van der Waals surface area contributed by atoms with Crippen LogP contribution in [0.4, 0.5) is 28.4 Å². The minimum Gasteiger partial charge on any atom is -0.491 e. The number of sulfonamides is 1. The molecule has 9 aliphatic rings. The van der Waals surface area contributed by atoms with Crippen molar-refractivity contribution in [2.45, 2.75) is 144 Å². The summed E-state index contributed by atoms with van der Waals surface area (Å²) < 4.78 is 62.0. The number of piperazine rings is 1. The minimum atomic E-state index is -4.72. The third kappa shape index (κ3) is 10.2. The number of nitro benzene ring substituents is 1. The van der Waals surface area contributed by atoms with Crippen LogP contribution in [0.1, 0.15) is 141 Å². The molecule has 6 fully saturated rings. The number of rotatable bonds is 12. The second-order valence-corrected chi connectivity index (χ2v) is 28.5. The van der Waals surface area contributed by atoms with Gasteiger partial charge in [-0.25, -0.2) is 13.1 Å². The minimum absolute atomic E-state index is 0.00600. The van der Waals surface area contributed by atoms with Gasteiger partial charge in [-0.2, -0.15) is 4.98 Å². The summed E-state index contributed by atoms with van der Waals surface area (Å²) in [4.78, 5) is 49.8. The van der Waals surface area contributed by atoms with Gasteiger partial charge in [0, 0.05) is 118 Å². The SMILES string of the molecule is Cc1ccccc1[C@@H]1CN(C(C)c2cnc(C3CC3)c3c2C(C)(C)CCO3)CCN1C1CC2(CCN(c3ccc(C(=O)NS(=O)(=O)c4cc5c(c([N+](=O)[O-])c4)N[C@H](C4CCOCC4)CO5)c(N4c5cc6cc[nH]c6nc5O[C@H]5COCC[C@@H]54)c3)CC2)C1. The molecule has 1 amide bonds. The Bertz CT molecular complexity index is 3790. The number of aryl methyl sites for hydroxylation is 1. The molecule has 87 heavy (non-hydrogen) atoms. The molecule has 1 spiro atoms. The molecule has 7 aliphatic heterocycles. The van der Waals surface area contributed by atoms with Crippen molar-refractivity contribution in [3.8, 4) is 17.4 Å². The Morgan fingerprint density at radius 2 is 1.69 bits per heavy atom. The quantitative estimate of drug-likeness (QED) is 0.0766. The first kappa shape index (κ1) is 56.5. The lowest BCUT2D eigenvalue weighted by Gasteiger charge is -2.58. The van der Waals surface area contributed by atoms with Gasteiger partial charge in [0.25, 0.3) is 21.6 Å². The fourth-order valence-electron chi connectivity index (χ4n) is 15.9. The molecular weight excluding hydrogens is 1120 g/mol. The number of amides is 1. The van der Waals surface area contributed by atoms with Crippen LogP contribution in [0.5, 0.6) is 17.4 Å². The predicted octanol–water partition coefficient (Wildman–Crippen LogP) is 10.4. The summed E-state index contributed by atoms with van der Waals surface area (Å²) in [6, 6.07) is 21.1. The highest BCUT2D eigenvalue weighted by molar-refractivity contribution is 7.90. The molecule has 2 saturated carbocycles. The lowest BCUT2D eigenvalue weighted by atomic mass is 9.59. The molecule has 3 aromatic carbocycles. The maximum absolute atomic E-state index is 15.0. The standard InChI is InChI=1S/C66H78N10O10S/c1-39-7-5-6-8-47(39)55-36-73(40(2)49-35-68-59(42-9-10-42)61-58(49)65(3,4)19-28-84-61)23-24-74(55)45-33-66(34-45)17-21-72(22-18-66)44-11-12-48(52(30-44)75-51-16-27-83-38-57(51)86-64-54(75)29-43-13-20-67-62(43)70-64)63(77)71-87(80,81)46-31-53(76(78)79)60-56(32-46)85-37-50(69-60)41-14-25-82-26-15-41/h5-8,11-13,20,29-32,35,40-42,45,50-51,55,57,69H,9-10,14-19,21-28,33-34,36-38H2,1-4H3,(H,67,70)(H,71,77)/t40?,50-,51-,55-,57-/m0/s1. The Hall–Kier alpha value is -7.04. The van der Waals surface area contributed by atoms with Crippen molar-refractivity contribution in [2.24, 2.45) is 11.3 Å². The van der Waals surface area contributed by atoms with Crippen LogP contribution in [-0.2, 0) is 24.9 Å². The van der Waals surface area contributed by atoms with E-state index in [1.807, 2.05) is 30.5 Å². The highest BCUT2D eigenvalue weighted by Crippen LogP contribution is 2.56. The van der Waals surface area contributed by atoms with Gasteiger partial charge in [-0.1, -0.05) is 38.1 Å². The van der Waals surface area contributed by atoms with Crippen molar-refractivity contribution < 1.29 is 41.8 Å². The average molecular weight is 1200 g/mol. The van der Waals surface area contributed by atoms with E-state index in [1.54, 1.807) is 6.07 Å². The molecule has 20 nitrogen and oxygen atoms in total. The van der Waals surface area contributed by atoms with Crippen molar-refractivity contribution in [2.75, 3.05) is 87.5 Å². The van der Waals surface area contributed by atoms with E-state index in [4.69, 9.17) is 33.7 Å². The molecule has 0 radical (unpaired) electrons. The highest BCUT2D eigenvalue weighted by atomic mass is 32.2. The molecule has 5 atom stereocenters. The number of nitrogens with one attached hydrogen (secondary N) is 3. The number of fused-ring (bicyclic) bond motifs is 5. The molecule has 2 aliphatic carbocycles. The first-order chi connectivity index (χ1) is 42.1. The van der Waals surface area contributed by atoms with Gasteiger partial charge in [0.1, 0.15) is 29.8 Å². The van der Waals surface area contributed by atoms with Crippen LogP contribution in [0.2, 0.25) is 0 Å². The molecule has 21 heteroatoms. The number of aromatic amines is 1. The van der Waals surface area contributed by atoms with E-state index in [9.17, 15) is 23.3 Å². The summed E-state index contributed by atoms with van der Waals surface area (Å²) in [5.74, 6) is 1.25. The summed E-state index contributed by atoms with van der Waals surface area (Å²) in [6.45, 7) is 16.8. The first-order valence-electron chi connectivity index (χ1n) is 31.6. The molecule has 3 aromatic heterocycles. The molecule has 10 heterocycles. The Morgan fingerprint density at radius 1 is 0.885 bits per heavy atom. The van der Waals surface area contributed by atoms with Gasteiger partial charge >= 0.3 is 0 Å². The molecule has 4 saturated heterocycles. The summed E-state index contributed by atoms with van der Waals surface area (Å²) in [6.07, 6.45) is 13.3. The normalized spacial score (nSPS) is 25.1. The number of carbonyl (C=O) groups is 1. The number of benzene rings is 3. The number of hydrogen-bond donors (Lipinski definition) is 3. The largest absolute Gasteiger partial charge is 0.491 e. The van der Waals surface area contributed by atoms with Crippen LogP contribution in [-0.4, -0.2) is 141 Å². The number of ether oxygens (including phenoxy) is 5. The van der Waals surface area contributed by atoms with Crippen LogP contribution < -0.4 is 34.0 Å². The van der Waals surface area contributed by atoms with Crippen molar-refractivity contribution >= 4 is 55.4 Å². The van der Waals surface area contributed by atoms with Gasteiger partial charge in [-0.05, 0) is 142 Å². The maximum Gasteiger partial charge on any atom is 0.297 e. The predicted molar refractivity (Wildman–Crippen MR) is 329 cm³/mol. The molecule has 15 rings (SSSR count). The second kappa shape index (κ2) is 21.9. The number of anilines is 4. The number of piperidine rings is 1. The Labute approximate surface area is 507 Å². The van der Waals surface area contributed by atoms with Crippen molar-refractivity contribution in [3.63, 3.8) is 0 Å². The summed E-state index contributed by atoms with van der Waals surface area (Å²) in [7, 11) is -4.72. The van der Waals surface area contributed by atoms with Crippen molar-refractivity contribution in [1.82, 2.24) is 29.5 Å². The number of nitrogens with zero attached hydrogens (tertiary/aromatic N) is 7. The first-order valence-corrected chi connectivity index (χ1v) is 33.1. The highest BCUT2D eigenvalue weighted by Gasteiger charge is 2.51. The molecule has 3 N–H and O–H groups in total. The third-order valence-electron chi connectivity index (χ3n) is 21.2. The van der Waals surface area contributed by atoms with Crippen LogP contribution >= 0.6 is 0 Å². The van der Waals surface area contributed by atoms with E-state index < -0.39 is 37.5 Å². The molecule has 6 aromatic rings. The van der Waals surface area contributed by atoms with Crippen molar-refractivity contribution in [1.29, 1.82) is 0 Å². The summed E-state index contributed by atoms with van der Waals surface area (Å²) in [5, 5.41) is 16.8. The van der Waals surface area contributed by atoms with E-state index in [2.05, 4.69) is 92.8 Å². The number of nitro groups is 1. The summed E-state index contributed by atoms with van der Waals surface area (Å²) >= 11 is 0. The third-order valence-corrected chi connectivity index (χ3v) is 22.5. The number of carbonyl (C=O) groups excluding carboxylic acids is 1. The Kier molecular flexibility index (Phi) is 14.2. The fraction of sp³-hybridized carbons (Fsp3) is 0.530. The molecule has 1 unspecified atom stereocenters. The number of H-pyrrole nitrogens is 1. The van der Waals surface area contributed by atoms with Crippen molar-refractivity contribution in [3.05, 3.63) is 123 Å². The Balaban J connectivity index is 0.694. The lowest BCUT2D eigenvalue weighted by Crippen LogP contribution is -2.60. The zero-order valence-corrected chi connectivity index (χ0v) is 50.9. The number of pyridine rings is 2. The van der Waals surface area contributed by atoms with E-state index in [1.165, 1.54) is 41.2 Å². The smallest absolute Gasteiger partial charge is 0.297 e. The van der Waals surface area contributed by atoms with Crippen LogP contribution in [0, 0.1) is 28.4 Å². The number of aromatic nitrogens is 3. The van der Waals surface area contributed by atoms with E-state index >= 15 is 0 Å². The lowest BCUT2D eigenvalue weighted by molar-refractivity contribution is -0.384. The number of hydrogen-bond acceptors (Lipinski definition) is 17. The zero-order valence-electron chi connectivity index (χ0n) is 50.1. The van der Waals surface area contributed by atoms with Crippen LogP contribution in [0.3, 0.4) is 0 Å². The zero-order chi connectivity index (χ0) is 59.5. The van der Waals surface area contributed by atoms with Crippen LogP contribution in [0.25, 0.3) is 11.0 Å². The summed E-state index contributed by atoms with van der Waals surface area (Å²) in [5.41, 5.74) is 9.22. The van der Waals surface area contributed by atoms with Gasteiger partial charge in [-0.3, -0.25) is 29.7 Å². The van der Waals surface area contributed by atoms with Gasteiger partial charge < -0.3 is 43.8 Å². The fourth-order valence-corrected chi connectivity index (χ4v) is 16.9. The van der Waals surface area contributed by atoms with E-state index in [-0.39, 0.29) is 64.5 Å². The van der Waals surface area contributed by atoms with E-state index in [0.717, 1.165) is 113 Å².